The van der Waals surface area contributed by atoms with Crippen molar-refractivity contribution in [1.82, 2.24) is 4.57 Å². The molecule has 176 valence electrons. The zero-order valence-electron chi connectivity index (χ0n) is 19.4. The number of fused-ring (bicyclic) bond motifs is 2. The minimum absolute atomic E-state index is 0.0648. The predicted octanol–water partition coefficient (Wildman–Crippen LogP) is 5.93. The predicted molar refractivity (Wildman–Crippen MR) is 150 cm³/mol. The highest BCUT2D eigenvalue weighted by molar-refractivity contribution is 9.10. The lowest BCUT2D eigenvalue weighted by molar-refractivity contribution is 0.414. The summed E-state index contributed by atoms with van der Waals surface area (Å²) in [5.41, 5.74) is 3.73. The highest BCUT2D eigenvalue weighted by Crippen LogP contribution is 2.30. The van der Waals surface area contributed by atoms with Gasteiger partial charge in [-0.3, -0.25) is 9.36 Å². The standard InChI is InChI=1S/C30H21BrN2O2S/c1-35-27-16-13-19-7-5-6-10-23(19)24(27)17-28-29(34)33-26(21-11-14-22(31)15-12-21)18-25(32-30(33)36-28)20-8-3-2-4-9-20/h2-18,26H,1H3. The smallest absolute Gasteiger partial charge is 0.271 e. The van der Waals surface area contributed by atoms with Crippen LogP contribution in [0.5, 0.6) is 5.75 Å². The number of nitrogens with zero attached hydrogens (tertiary/aromatic N) is 2. The number of methoxy groups -OCH3 is 1. The van der Waals surface area contributed by atoms with E-state index >= 15 is 0 Å². The number of benzene rings is 4. The van der Waals surface area contributed by atoms with Crippen LogP contribution in [0.1, 0.15) is 22.7 Å². The van der Waals surface area contributed by atoms with E-state index in [1.54, 1.807) is 11.7 Å². The Hall–Kier alpha value is -3.74. The van der Waals surface area contributed by atoms with E-state index in [0.717, 1.165) is 43.4 Å². The molecule has 36 heavy (non-hydrogen) atoms. The van der Waals surface area contributed by atoms with Gasteiger partial charge < -0.3 is 4.74 Å². The normalized spacial score (nSPS) is 15.3. The van der Waals surface area contributed by atoms with Crippen molar-refractivity contribution < 1.29 is 4.74 Å². The summed E-state index contributed by atoms with van der Waals surface area (Å²) in [5.74, 6) is 0.731. The molecule has 1 aliphatic rings. The molecule has 4 nitrogen and oxygen atoms in total. The maximum absolute atomic E-state index is 13.9. The van der Waals surface area contributed by atoms with Crippen LogP contribution < -0.4 is 19.6 Å². The van der Waals surface area contributed by atoms with Crippen molar-refractivity contribution in [2.45, 2.75) is 6.04 Å². The molecule has 6 rings (SSSR count). The Morgan fingerprint density at radius 1 is 0.944 bits per heavy atom. The van der Waals surface area contributed by atoms with Gasteiger partial charge in [0.15, 0.2) is 4.80 Å². The Kier molecular flexibility index (Phi) is 5.91. The molecule has 0 fully saturated rings. The molecule has 1 aliphatic heterocycles. The first-order valence-electron chi connectivity index (χ1n) is 11.5. The summed E-state index contributed by atoms with van der Waals surface area (Å²) in [6, 6.07) is 30.0. The number of hydrogen-bond acceptors (Lipinski definition) is 4. The number of allylic oxidation sites excluding steroid dienone is 1. The van der Waals surface area contributed by atoms with Crippen molar-refractivity contribution in [3.8, 4) is 5.75 Å². The van der Waals surface area contributed by atoms with E-state index in [2.05, 4.69) is 34.1 Å². The number of hydrogen-bond donors (Lipinski definition) is 0. The minimum Gasteiger partial charge on any atom is -0.496 e. The van der Waals surface area contributed by atoms with E-state index < -0.39 is 0 Å². The molecule has 0 amide bonds. The second-order valence-electron chi connectivity index (χ2n) is 8.50. The molecule has 5 aromatic rings. The molecule has 4 aromatic carbocycles. The Balaban J connectivity index is 1.61. The summed E-state index contributed by atoms with van der Waals surface area (Å²) in [7, 11) is 1.66. The highest BCUT2D eigenvalue weighted by Gasteiger charge is 2.22. The molecule has 1 atom stereocenters. The molecule has 2 heterocycles. The minimum atomic E-state index is -0.263. The summed E-state index contributed by atoms with van der Waals surface area (Å²) in [5, 5.41) is 2.13. The Morgan fingerprint density at radius 3 is 2.47 bits per heavy atom. The average molecular weight is 553 g/mol. The van der Waals surface area contributed by atoms with Crippen LogP contribution in [0, 0.1) is 0 Å². The SMILES string of the molecule is COc1ccc2ccccc2c1C=c1sc2n(c1=O)C(c1ccc(Br)cc1)C=C(c1ccccc1)N=2. The van der Waals surface area contributed by atoms with Crippen LogP contribution in [-0.2, 0) is 0 Å². The van der Waals surface area contributed by atoms with Gasteiger partial charge in [-0.2, -0.15) is 0 Å². The van der Waals surface area contributed by atoms with Crippen molar-refractivity contribution >= 4 is 49.8 Å². The first-order chi connectivity index (χ1) is 17.6. The average Bonchev–Trinajstić information content (AvgIpc) is 3.24. The first-order valence-corrected chi connectivity index (χ1v) is 13.1. The third kappa shape index (κ3) is 4.02. The first kappa shape index (κ1) is 22.7. The lowest BCUT2D eigenvalue weighted by Gasteiger charge is -2.19. The molecule has 6 heteroatoms. The largest absolute Gasteiger partial charge is 0.496 e. The van der Waals surface area contributed by atoms with Crippen molar-refractivity contribution in [3.05, 3.63) is 138 Å². The third-order valence-electron chi connectivity index (χ3n) is 6.35. The topological polar surface area (TPSA) is 43.6 Å². The molecule has 1 aromatic heterocycles. The van der Waals surface area contributed by atoms with Crippen LogP contribution in [0.15, 0.2) is 111 Å². The fourth-order valence-electron chi connectivity index (χ4n) is 4.58. The van der Waals surface area contributed by atoms with E-state index in [0.29, 0.717) is 9.33 Å². The summed E-state index contributed by atoms with van der Waals surface area (Å²) in [6.45, 7) is 0. The molecule has 1 unspecified atom stereocenters. The van der Waals surface area contributed by atoms with Crippen LogP contribution in [-0.4, -0.2) is 11.7 Å². The molecule has 0 saturated heterocycles. The zero-order chi connectivity index (χ0) is 24.6. The highest BCUT2D eigenvalue weighted by atomic mass is 79.9. The summed E-state index contributed by atoms with van der Waals surface area (Å²) < 4.78 is 9.08. The fraction of sp³-hybridized carbons (Fsp3) is 0.0667. The van der Waals surface area contributed by atoms with Gasteiger partial charge in [-0.05, 0) is 52.3 Å². The molecule has 0 aliphatic carbocycles. The number of aromatic nitrogens is 1. The zero-order valence-corrected chi connectivity index (χ0v) is 21.8. The molecule has 0 spiro atoms. The Morgan fingerprint density at radius 2 is 1.69 bits per heavy atom. The van der Waals surface area contributed by atoms with Crippen LogP contribution in [0.25, 0.3) is 22.5 Å². The van der Waals surface area contributed by atoms with Crippen LogP contribution in [0.3, 0.4) is 0 Å². The van der Waals surface area contributed by atoms with Crippen LogP contribution in [0.4, 0.5) is 0 Å². The van der Waals surface area contributed by atoms with Gasteiger partial charge in [0.25, 0.3) is 5.56 Å². The number of halogens is 1. The monoisotopic (exact) mass is 552 g/mol. The second-order valence-corrected chi connectivity index (χ2v) is 10.4. The molecule has 0 N–H and O–H groups in total. The van der Waals surface area contributed by atoms with Gasteiger partial charge in [-0.25, -0.2) is 4.99 Å². The van der Waals surface area contributed by atoms with Gasteiger partial charge in [0.1, 0.15) is 5.75 Å². The van der Waals surface area contributed by atoms with Gasteiger partial charge >= 0.3 is 0 Å². The van der Waals surface area contributed by atoms with Crippen molar-refractivity contribution in [2.75, 3.05) is 7.11 Å². The van der Waals surface area contributed by atoms with Gasteiger partial charge in [0.2, 0.25) is 0 Å². The number of rotatable bonds is 4. The fourth-order valence-corrected chi connectivity index (χ4v) is 5.85. The quantitative estimate of drug-likeness (QED) is 0.277. The van der Waals surface area contributed by atoms with E-state index in [4.69, 9.17) is 9.73 Å². The lowest BCUT2D eigenvalue weighted by Crippen LogP contribution is -2.36. The lowest BCUT2D eigenvalue weighted by atomic mass is 10.0. The van der Waals surface area contributed by atoms with Gasteiger partial charge in [0, 0.05) is 10.0 Å². The molecule has 0 radical (unpaired) electrons. The Bertz CT molecular complexity index is 1800. The van der Waals surface area contributed by atoms with E-state index in [1.807, 2.05) is 84.9 Å². The van der Waals surface area contributed by atoms with Gasteiger partial charge in [-0.1, -0.05) is 100 Å². The van der Waals surface area contributed by atoms with Crippen LogP contribution >= 0.6 is 27.3 Å². The van der Waals surface area contributed by atoms with Gasteiger partial charge in [0.05, 0.1) is 23.4 Å². The molecular formula is C30H21BrN2O2S. The molecule has 0 bridgehead atoms. The van der Waals surface area contributed by atoms with Crippen molar-refractivity contribution in [2.24, 2.45) is 4.99 Å². The number of thiazole rings is 1. The maximum Gasteiger partial charge on any atom is 0.271 e. The maximum atomic E-state index is 13.9. The Labute approximate surface area is 220 Å². The summed E-state index contributed by atoms with van der Waals surface area (Å²) >= 11 is 4.93. The van der Waals surface area contributed by atoms with E-state index in [9.17, 15) is 4.79 Å². The molecule has 0 saturated carbocycles. The summed E-state index contributed by atoms with van der Waals surface area (Å²) in [4.78, 5) is 19.4. The van der Waals surface area contributed by atoms with Crippen molar-refractivity contribution in [3.63, 3.8) is 0 Å². The van der Waals surface area contributed by atoms with Crippen molar-refractivity contribution in [1.29, 1.82) is 0 Å². The van der Waals surface area contributed by atoms with Gasteiger partial charge in [-0.15, -0.1) is 0 Å². The van der Waals surface area contributed by atoms with Crippen LogP contribution in [0.2, 0.25) is 0 Å². The third-order valence-corrected chi connectivity index (χ3v) is 7.87. The van der Waals surface area contributed by atoms with E-state index in [1.165, 1.54) is 11.3 Å². The number of ether oxygens (including phenoxy) is 1. The molecular weight excluding hydrogens is 532 g/mol. The van der Waals surface area contributed by atoms with E-state index in [-0.39, 0.29) is 11.6 Å². The summed E-state index contributed by atoms with van der Waals surface area (Å²) in [6.07, 6.45) is 4.01. The second kappa shape index (κ2) is 9.37.